The molecular formula is C16H22N2O2. The van der Waals surface area contributed by atoms with Gasteiger partial charge in [0.1, 0.15) is 0 Å². The number of nitrogens with one attached hydrogen (secondary N) is 2. The quantitative estimate of drug-likeness (QED) is 0.758. The number of hydrogen-bond acceptors (Lipinski definition) is 3. The zero-order valence-corrected chi connectivity index (χ0v) is 11.9. The number of benzene rings is 1. The van der Waals surface area contributed by atoms with Gasteiger partial charge in [-0.25, -0.2) is 0 Å². The lowest BCUT2D eigenvalue weighted by Crippen LogP contribution is -2.48. The van der Waals surface area contributed by atoms with Crippen molar-refractivity contribution >= 4 is 5.91 Å². The molecule has 4 nitrogen and oxygen atoms in total. The maximum Gasteiger partial charge on any atom is 0.226 e. The van der Waals surface area contributed by atoms with Crippen LogP contribution in [0.4, 0.5) is 0 Å². The minimum atomic E-state index is -0.512. The van der Waals surface area contributed by atoms with Gasteiger partial charge in [-0.05, 0) is 37.1 Å². The van der Waals surface area contributed by atoms with Gasteiger partial charge in [-0.3, -0.25) is 4.79 Å². The first kappa shape index (κ1) is 13.6. The third-order valence-electron chi connectivity index (χ3n) is 4.75. The summed E-state index contributed by atoms with van der Waals surface area (Å²) < 4.78 is 0. The third kappa shape index (κ3) is 2.34. The Morgan fingerprint density at radius 2 is 2.05 bits per heavy atom. The summed E-state index contributed by atoms with van der Waals surface area (Å²) in [4.78, 5) is 12.6. The summed E-state index contributed by atoms with van der Waals surface area (Å²) in [5, 5.41) is 16.6. The molecule has 1 fully saturated rings. The number of carbonyl (C=O) groups is 1. The smallest absolute Gasteiger partial charge is 0.226 e. The number of carbonyl (C=O) groups excluding carboxylic acids is 1. The van der Waals surface area contributed by atoms with Gasteiger partial charge in [0.25, 0.3) is 0 Å². The molecule has 1 aliphatic carbocycles. The van der Waals surface area contributed by atoms with Crippen molar-refractivity contribution in [3.8, 4) is 0 Å². The summed E-state index contributed by atoms with van der Waals surface area (Å²) in [6, 6.07) is 7.70. The van der Waals surface area contributed by atoms with E-state index in [4.69, 9.17) is 0 Å². The van der Waals surface area contributed by atoms with Crippen LogP contribution in [0.3, 0.4) is 0 Å². The number of aliphatic hydroxyl groups is 1. The van der Waals surface area contributed by atoms with Gasteiger partial charge in [0, 0.05) is 11.8 Å². The van der Waals surface area contributed by atoms with Crippen LogP contribution in [0.2, 0.25) is 0 Å². The maximum absolute atomic E-state index is 12.6. The van der Waals surface area contributed by atoms with Crippen LogP contribution >= 0.6 is 0 Å². The van der Waals surface area contributed by atoms with Gasteiger partial charge in [-0.1, -0.05) is 31.2 Å². The molecule has 0 saturated carbocycles. The highest BCUT2D eigenvalue weighted by Crippen LogP contribution is 2.34. The molecule has 20 heavy (non-hydrogen) atoms. The average molecular weight is 274 g/mol. The summed E-state index contributed by atoms with van der Waals surface area (Å²) in [7, 11) is 0. The van der Waals surface area contributed by atoms with E-state index in [0.717, 1.165) is 37.1 Å². The predicted octanol–water partition coefficient (Wildman–Crippen LogP) is 1.15. The lowest BCUT2D eigenvalue weighted by atomic mass is 9.80. The predicted molar refractivity (Wildman–Crippen MR) is 77.2 cm³/mol. The van der Waals surface area contributed by atoms with E-state index in [1.165, 1.54) is 0 Å². The molecule has 1 aromatic rings. The number of amides is 1. The van der Waals surface area contributed by atoms with Crippen LogP contribution in [0.5, 0.6) is 0 Å². The summed E-state index contributed by atoms with van der Waals surface area (Å²) in [6.07, 6.45) is 1.81. The summed E-state index contributed by atoms with van der Waals surface area (Å²) in [5.41, 5.74) is 1.88. The molecule has 1 aromatic carbocycles. The molecule has 1 amide bonds. The van der Waals surface area contributed by atoms with Crippen molar-refractivity contribution in [1.29, 1.82) is 0 Å². The lowest BCUT2D eigenvalue weighted by molar-refractivity contribution is -0.133. The van der Waals surface area contributed by atoms with Gasteiger partial charge in [-0.15, -0.1) is 0 Å². The zero-order chi connectivity index (χ0) is 14.2. The fourth-order valence-electron chi connectivity index (χ4n) is 3.27. The van der Waals surface area contributed by atoms with Gasteiger partial charge in [0.15, 0.2) is 0 Å². The van der Waals surface area contributed by atoms with Crippen LogP contribution in [-0.2, 0) is 11.2 Å². The fourth-order valence-corrected chi connectivity index (χ4v) is 3.27. The molecule has 2 atom stereocenters. The van der Waals surface area contributed by atoms with Gasteiger partial charge in [-0.2, -0.15) is 0 Å². The summed E-state index contributed by atoms with van der Waals surface area (Å²) in [6.45, 7) is 3.79. The molecule has 3 N–H and O–H groups in total. The Morgan fingerprint density at radius 3 is 2.80 bits per heavy atom. The first-order valence-electron chi connectivity index (χ1n) is 7.38. The molecule has 4 heteroatoms. The Morgan fingerprint density at radius 1 is 1.35 bits per heavy atom. The Hall–Kier alpha value is -1.39. The molecule has 1 heterocycles. The molecule has 0 aromatic heterocycles. The highest BCUT2D eigenvalue weighted by atomic mass is 16.3. The second-order valence-corrected chi connectivity index (χ2v) is 6.23. The van der Waals surface area contributed by atoms with Gasteiger partial charge in [0.2, 0.25) is 5.91 Å². The summed E-state index contributed by atoms with van der Waals surface area (Å²) >= 11 is 0. The Labute approximate surface area is 119 Å². The zero-order valence-electron chi connectivity index (χ0n) is 11.9. The van der Waals surface area contributed by atoms with Crippen LogP contribution in [0.1, 0.15) is 36.9 Å². The monoisotopic (exact) mass is 274 g/mol. The van der Waals surface area contributed by atoms with E-state index in [9.17, 15) is 9.90 Å². The van der Waals surface area contributed by atoms with E-state index >= 15 is 0 Å². The van der Waals surface area contributed by atoms with E-state index in [0.29, 0.717) is 6.42 Å². The van der Waals surface area contributed by atoms with Crippen LogP contribution < -0.4 is 10.6 Å². The lowest BCUT2D eigenvalue weighted by Gasteiger charge is -2.34. The Kier molecular flexibility index (Phi) is 3.52. The number of piperidine rings is 1. The first-order chi connectivity index (χ1) is 9.60. The number of hydrogen-bond donors (Lipinski definition) is 3. The van der Waals surface area contributed by atoms with Crippen LogP contribution in [0.25, 0.3) is 0 Å². The molecule has 0 spiro atoms. The van der Waals surface area contributed by atoms with Gasteiger partial charge in [0.05, 0.1) is 12.1 Å². The van der Waals surface area contributed by atoms with Gasteiger partial charge >= 0.3 is 0 Å². The van der Waals surface area contributed by atoms with E-state index in [2.05, 4.69) is 10.6 Å². The third-order valence-corrected chi connectivity index (χ3v) is 4.75. The maximum atomic E-state index is 12.6. The SMILES string of the molecule is CC1(C(=O)N[C@@H]2c3ccccc3C[C@@H]2O)CCNCC1. The van der Waals surface area contributed by atoms with Crippen LogP contribution in [0.15, 0.2) is 24.3 Å². The van der Waals surface area contributed by atoms with Crippen molar-refractivity contribution in [3.05, 3.63) is 35.4 Å². The topological polar surface area (TPSA) is 61.4 Å². The highest BCUT2D eigenvalue weighted by Gasteiger charge is 2.39. The van der Waals surface area contributed by atoms with Crippen molar-refractivity contribution in [2.75, 3.05) is 13.1 Å². The molecule has 0 bridgehead atoms. The van der Waals surface area contributed by atoms with E-state index in [1.54, 1.807) is 0 Å². The fraction of sp³-hybridized carbons (Fsp3) is 0.562. The molecule has 1 aliphatic heterocycles. The molecule has 3 rings (SSSR count). The minimum Gasteiger partial charge on any atom is -0.390 e. The Bertz CT molecular complexity index is 509. The number of fused-ring (bicyclic) bond motifs is 1. The highest BCUT2D eigenvalue weighted by molar-refractivity contribution is 5.83. The molecular weight excluding hydrogens is 252 g/mol. The van der Waals surface area contributed by atoms with E-state index in [-0.39, 0.29) is 17.4 Å². The first-order valence-corrected chi connectivity index (χ1v) is 7.38. The van der Waals surface area contributed by atoms with E-state index in [1.807, 2.05) is 31.2 Å². The molecule has 0 radical (unpaired) electrons. The van der Waals surface area contributed by atoms with Gasteiger partial charge < -0.3 is 15.7 Å². The van der Waals surface area contributed by atoms with Crippen molar-refractivity contribution in [2.45, 2.75) is 38.3 Å². The molecule has 2 aliphatic rings. The van der Waals surface area contributed by atoms with E-state index < -0.39 is 6.10 Å². The molecule has 108 valence electrons. The number of aliphatic hydroxyl groups excluding tert-OH is 1. The minimum absolute atomic E-state index is 0.0692. The van der Waals surface area contributed by atoms with Crippen molar-refractivity contribution in [2.24, 2.45) is 5.41 Å². The normalized spacial score (nSPS) is 27.9. The van der Waals surface area contributed by atoms with Crippen molar-refractivity contribution in [3.63, 3.8) is 0 Å². The average Bonchev–Trinajstić information content (AvgIpc) is 2.76. The Balaban J connectivity index is 1.76. The number of rotatable bonds is 2. The second kappa shape index (κ2) is 5.19. The van der Waals surface area contributed by atoms with Crippen LogP contribution in [0, 0.1) is 5.41 Å². The molecule has 1 saturated heterocycles. The standard InChI is InChI=1S/C16H22N2O2/c1-16(6-8-17-9-7-16)15(20)18-14-12-5-3-2-4-11(12)10-13(14)19/h2-5,13-14,17,19H,6-10H2,1H3,(H,18,20)/t13-,14+/m0/s1. The largest absolute Gasteiger partial charge is 0.390 e. The van der Waals surface area contributed by atoms with Crippen LogP contribution in [-0.4, -0.2) is 30.2 Å². The van der Waals surface area contributed by atoms with Crippen molar-refractivity contribution < 1.29 is 9.90 Å². The molecule has 0 unspecified atom stereocenters. The summed E-state index contributed by atoms with van der Waals surface area (Å²) in [5.74, 6) is 0.0692. The second-order valence-electron chi connectivity index (χ2n) is 6.23. The van der Waals surface area contributed by atoms with Crippen molar-refractivity contribution in [1.82, 2.24) is 10.6 Å².